The van der Waals surface area contributed by atoms with Gasteiger partial charge in [0, 0.05) is 26.5 Å². The average Bonchev–Trinajstić information content (AvgIpc) is 3.68. The SMILES string of the molecule is C1CC1.C1CCCCC1.CC.CC1CCNc2ccccc21.CCN(C)C.COC. The Labute approximate surface area is 190 Å². The van der Waals surface area contributed by atoms with E-state index in [0.717, 1.165) is 19.0 Å². The van der Waals surface area contributed by atoms with E-state index in [1.807, 2.05) is 13.8 Å². The van der Waals surface area contributed by atoms with Gasteiger partial charge in [0.2, 0.25) is 0 Å². The highest BCUT2D eigenvalue weighted by molar-refractivity contribution is 5.54. The molecule has 1 heterocycles. The summed E-state index contributed by atoms with van der Waals surface area (Å²) >= 11 is 0. The molecule has 1 atom stereocenters. The molecule has 4 rings (SSSR count). The Bertz CT molecular complexity index is 428. The molecule has 0 aromatic heterocycles. The number of ether oxygens (including phenoxy) is 1. The molecule has 30 heavy (non-hydrogen) atoms. The van der Waals surface area contributed by atoms with E-state index in [1.165, 1.54) is 75.5 Å². The molecule has 0 bridgehead atoms. The van der Waals surface area contributed by atoms with Gasteiger partial charge in [-0.1, -0.05) is 104 Å². The van der Waals surface area contributed by atoms with Crippen LogP contribution in [0.3, 0.4) is 0 Å². The molecule has 1 aliphatic heterocycles. The van der Waals surface area contributed by atoms with Crippen molar-refractivity contribution < 1.29 is 4.74 Å². The summed E-state index contributed by atoms with van der Waals surface area (Å²) in [6.07, 6.45) is 14.8. The number of methoxy groups -OCH3 is 1. The Morgan fingerprint density at radius 2 is 1.23 bits per heavy atom. The summed E-state index contributed by atoms with van der Waals surface area (Å²) in [5.74, 6) is 0.729. The van der Waals surface area contributed by atoms with Gasteiger partial charge in [0.1, 0.15) is 0 Å². The standard InChI is InChI=1S/C10H13N.C6H12.C4H11N.C3H6.C2H6O.C2H6/c1-8-6-7-11-10-5-3-2-4-9(8)10;1-2-4-6-5-3-1;1-4-5(2)3;1-2-3-1;1-3-2;1-2/h2-5,8,11H,6-7H2,1H3;1-6H2;4H2,1-3H3;1-3H2;1-2H3;1-2H3. The van der Waals surface area contributed by atoms with Crippen LogP contribution in [0.1, 0.15) is 103 Å². The Morgan fingerprint density at radius 3 is 1.57 bits per heavy atom. The largest absolute Gasteiger partial charge is 0.388 e. The molecular weight excluding hydrogens is 368 g/mol. The number of nitrogens with one attached hydrogen (secondary N) is 1. The molecule has 2 fully saturated rings. The summed E-state index contributed by atoms with van der Waals surface area (Å²) in [5, 5.41) is 3.39. The molecule has 3 nitrogen and oxygen atoms in total. The smallest absolute Gasteiger partial charge is 0.0375 e. The second kappa shape index (κ2) is 24.2. The first kappa shape index (κ1) is 31.1. The minimum Gasteiger partial charge on any atom is -0.388 e. The first-order valence-corrected chi connectivity index (χ1v) is 12.4. The predicted molar refractivity (Wildman–Crippen MR) is 138 cm³/mol. The van der Waals surface area contributed by atoms with Crippen molar-refractivity contribution in [1.29, 1.82) is 0 Å². The molecule has 3 heteroatoms. The van der Waals surface area contributed by atoms with Crippen molar-refractivity contribution in [1.82, 2.24) is 4.90 Å². The fraction of sp³-hybridized carbons (Fsp3) is 0.778. The van der Waals surface area contributed by atoms with E-state index < -0.39 is 0 Å². The van der Waals surface area contributed by atoms with Crippen LogP contribution in [0.25, 0.3) is 0 Å². The van der Waals surface area contributed by atoms with Crippen LogP contribution in [0.15, 0.2) is 24.3 Å². The third kappa shape index (κ3) is 21.6. The van der Waals surface area contributed by atoms with Gasteiger partial charge in [-0.3, -0.25) is 0 Å². The van der Waals surface area contributed by atoms with Crippen molar-refractivity contribution in [3.63, 3.8) is 0 Å². The van der Waals surface area contributed by atoms with Gasteiger partial charge in [0.05, 0.1) is 0 Å². The fourth-order valence-electron chi connectivity index (χ4n) is 2.73. The molecule has 0 spiro atoms. The molecule has 2 saturated carbocycles. The number of benzene rings is 1. The maximum Gasteiger partial charge on any atom is 0.0375 e. The van der Waals surface area contributed by atoms with Gasteiger partial charge in [-0.15, -0.1) is 0 Å². The minimum absolute atomic E-state index is 0.729. The molecule has 3 aliphatic rings. The van der Waals surface area contributed by atoms with E-state index in [0.29, 0.717) is 0 Å². The minimum atomic E-state index is 0.729. The van der Waals surface area contributed by atoms with E-state index in [1.54, 1.807) is 14.2 Å². The van der Waals surface area contributed by atoms with Gasteiger partial charge in [0.25, 0.3) is 0 Å². The van der Waals surface area contributed by atoms with Crippen LogP contribution in [0, 0.1) is 0 Å². The van der Waals surface area contributed by atoms with Crippen LogP contribution in [-0.2, 0) is 4.74 Å². The lowest BCUT2D eigenvalue weighted by Gasteiger charge is -2.23. The lowest BCUT2D eigenvalue weighted by atomic mass is 9.93. The number of anilines is 1. The molecule has 1 unspecified atom stereocenters. The summed E-state index contributed by atoms with van der Waals surface area (Å²) in [6, 6.07) is 8.57. The maximum absolute atomic E-state index is 4.25. The average molecular weight is 423 g/mol. The highest BCUT2D eigenvalue weighted by Gasteiger charge is 2.13. The van der Waals surface area contributed by atoms with Crippen molar-refractivity contribution in [2.24, 2.45) is 0 Å². The Balaban J connectivity index is 0. The van der Waals surface area contributed by atoms with Crippen LogP contribution in [0.2, 0.25) is 0 Å². The monoisotopic (exact) mass is 422 g/mol. The second-order valence-electron chi connectivity index (χ2n) is 8.19. The molecular formula is C27H54N2O. The molecule has 0 saturated heterocycles. The summed E-state index contributed by atoms with van der Waals surface area (Å²) in [6.45, 7) is 10.7. The summed E-state index contributed by atoms with van der Waals surface area (Å²) < 4.78 is 4.25. The van der Waals surface area contributed by atoms with Crippen LogP contribution >= 0.6 is 0 Å². The lowest BCUT2D eigenvalue weighted by Crippen LogP contribution is -2.14. The van der Waals surface area contributed by atoms with Gasteiger partial charge < -0.3 is 15.0 Å². The summed E-state index contributed by atoms with van der Waals surface area (Å²) in [5.41, 5.74) is 2.80. The Hall–Kier alpha value is -1.06. The Kier molecular flexibility index (Phi) is 25.1. The Morgan fingerprint density at radius 1 is 0.867 bits per heavy atom. The highest BCUT2D eigenvalue weighted by Crippen LogP contribution is 2.30. The molecule has 1 aromatic rings. The first-order chi connectivity index (χ1) is 14.6. The second-order valence-corrected chi connectivity index (χ2v) is 8.19. The molecule has 0 radical (unpaired) electrons. The van der Waals surface area contributed by atoms with Crippen molar-refractivity contribution in [3.05, 3.63) is 29.8 Å². The van der Waals surface area contributed by atoms with E-state index >= 15 is 0 Å². The van der Waals surface area contributed by atoms with Gasteiger partial charge >= 0.3 is 0 Å². The van der Waals surface area contributed by atoms with Gasteiger partial charge in [0.15, 0.2) is 0 Å². The molecule has 1 aromatic carbocycles. The number of hydrogen-bond donors (Lipinski definition) is 1. The molecule has 1 N–H and O–H groups in total. The number of fused-ring (bicyclic) bond motifs is 1. The van der Waals surface area contributed by atoms with Crippen molar-refractivity contribution in [2.45, 2.75) is 97.8 Å². The topological polar surface area (TPSA) is 24.5 Å². The maximum atomic E-state index is 4.25. The number of nitrogens with zero attached hydrogens (tertiary/aromatic N) is 1. The van der Waals surface area contributed by atoms with E-state index in [4.69, 9.17) is 0 Å². The fourth-order valence-corrected chi connectivity index (χ4v) is 2.73. The summed E-state index contributed by atoms with van der Waals surface area (Å²) in [7, 11) is 7.36. The van der Waals surface area contributed by atoms with Crippen LogP contribution in [-0.4, -0.2) is 46.3 Å². The molecule has 178 valence electrons. The van der Waals surface area contributed by atoms with Crippen LogP contribution in [0.5, 0.6) is 0 Å². The van der Waals surface area contributed by atoms with Gasteiger partial charge in [-0.05, 0) is 44.6 Å². The highest BCUT2D eigenvalue weighted by atomic mass is 16.4. The normalized spacial score (nSPS) is 17.7. The van der Waals surface area contributed by atoms with Crippen molar-refractivity contribution in [3.8, 4) is 0 Å². The van der Waals surface area contributed by atoms with E-state index in [2.05, 4.69) is 67.2 Å². The van der Waals surface area contributed by atoms with Crippen LogP contribution in [0.4, 0.5) is 5.69 Å². The van der Waals surface area contributed by atoms with Crippen molar-refractivity contribution in [2.75, 3.05) is 46.7 Å². The molecule has 2 aliphatic carbocycles. The molecule has 0 amide bonds. The number of hydrogen-bond acceptors (Lipinski definition) is 3. The van der Waals surface area contributed by atoms with Gasteiger partial charge in [-0.25, -0.2) is 0 Å². The zero-order valence-electron chi connectivity index (χ0n) is 21.7. The third-order valence-corrected chi connectivity index (χ3v) is 4.87. The van der Waals surface area contributed by atoms with E-state index in [9.17, 15) is 0 Å². The number of rotatable bonds is 1. The number of para-hydroxylation sites is 1. The van der Waals surface area contributed by atoms with Crippen LogP contribution < -0.4 is 5.32 Å². The predicted octanol–water partition coefficient (Wildman–Crippen LogP) is 7.97. The van der Waals surface area contributed by atoms with Gasteiger partial charge in [-0.2, -0.15) is 0 Å². The summed E-state index contributed by atoms with van der Waals surface area (Å²) in [4.78, 5) is 2.12. The van der Waals surface area contributed by atoms with Crippen molar-refractivity contribution >= 4 is 5.69 Å². The zero-order valence-corrected chi connectivity index (χ0v) is 21.7. The first-order valence-electron chi connectivity index (χ1n) is 12.4. The quantitative estimate of drug-likeness (QED) is 0.496. The lowest BCUT2D eigenvalue weighted by molar-refractivity contribution is 0.277. The third-order valence-electron chi connectivity index (χ3n) is 4.87. The van der Waals surface area contributed by atoms with E-state index in [-0.39, 0.29) is 0 Å². The zero-order chi connectivity index (χ0) is 23.0.